The van der Waals surface area contributed by atoms with Crippen LogP contribution in [0.25, 0.3) is 5.69 Å². The fourth-order valence-corrected chi connectivity index (χ4v) is 2.80. The monoisotopic (exact) mass is 332 g/mol. The van der Waals surface area contributed by atoms with Crippen molar-refractivity contribution in [2.75, 3.05) is 31.6 Å². The molecular formula is C17H21FN4O2. The van der Waals surface area contributed by atoms with Crippen molar-refractivity contribution in [1.29, 1.82) is 0 Å². The van der Waals surface area contributed by atoms with Gasteiger partial charge < -0.3 is 15.0 Å². The summed E-state index contributed by atoms with van der Waals surface area (Å²) in [7, 11) is 0. The molecule has 0 aliphatic carbocycles. The van der Waals surface area contributed by atoms with Crippen molar-refractivity contribution in [1.82, 2.24) is 14.7 Å². The van der Waals surface area contributed by atoms with Gasteiger partial charge in [0.2, 0.25) is 0 Å². The number of para-hydroxylation sites is 1. The van der Waals surface area contributed by atoms with Gasteiger partial charge in [0.15, 0.2) is 0 Å². The van der Waals surface area contributed by atoms with Crippen molar-refractivity contribution in [3.05, 3.63) is 42.5 Å². The summed E-state index contributed by atoms with van der Waals surface area (Å²) in [5.41, 5.74) is 0.882. The molecule has 1 aliphatic rings. The quantitative estimate of drug-likeness (QED) is 0.916. The van der Waals surface area contributed by atoms with Crippen LogP contribution in [-0.2, 0) is 4.74 Å². The summed E-state index contributed by atoms with van der Waals surface area (Å²) in [6.07, 6.45) is 4.06. The van der Waals surface area contributed by atoms with E-state index in [2.05, 4.69) is 10.4 Å². The lowest BCUT2D eigenvalue weighted by molar-refractivity contribution is 0.113. The molecule has 6 nitrogen and oxygen atoms in total. The van der Waals surface area contributed by atoms with Crippen LogP contribution < -0.4 is 5.32 Å². The highest BCUT2D eigenvalue weighted by Crippen LogP contribution is 2.19. The fraction of sp³-hybridized carbons (Fsp3) is 0.412. The third-order valence-electron chi connectivity index (χ3n) is 4.06. The van der Waals surface area contributed by atoms with E-state index in [9.17, 15) is 9.18 Å². The van der Waals surface area contributed by atoms with Gasteiger partial charge in [0.25, 0.3) is 0 Å². The van der Waals surface area contributed by atoms with Crippen LogP contribution in [0.3, 0.4) is 0 Å². The summed E-state index contributed by atoms with van der Waals surface area (Å²) in [6.45, 7) is 4.74. The molecule has 1 aromatic heterocycles. The number of nitrogens with zero attached hydrogens (tertiary/aromatic N) is 3. The van der Waals surface area contributed by atoms with E-state index in [1.165, 1.54) is 16.9 Å². The highest BCUT2D eigenvalue weighted by Gasteiger charge is 2.26. The van der Waals surface area contributed by atoms with E-state index < -0.39 is 0 Å². The lowest BCUT2D eigenvalue weighted by atomic mass is 10.1. The lowest BCUT2D eigenvalue weighted by Crippen LogP contribution is -2.33. The fourth-order valence-electron chi connectivity index (χ4n) is 2.80. The number of amides is 2. The number of urea groups is 1. The summed E-state index contributed by atoms with van der Waals surface area (Å²) >= 11 is 0. The number of benzene rings is 1. The third kappa shape index (κ3) is 3.73. The SMILES string of the molecule is CCOC[C@H]1CCN(C(=O)Nc2cnn(-c3ccccc3F)c2)C1. The summed E-state index contributed by atoms with van der Waals surface area (Å²) in [5.74, 6) is 0.0219. The zero-order chi connectivity index (χ0) is 16.9. The molecule has 0 saturated carbocycles. The number of nitrogens with one attached hydrogen (secondary N) is 1. The molecule has 2 heterocycles. The average Bonchev–Trinajstić information content (AvgIpc) is 3.23. The van der Waals surface area contributed by atoms with Crippen LogP contribution in [0.15, 0.2) is 36.7 Å². The van der Waals surface area contributed by atoms with Gasteiger partial charge in [-0.2, -0.15) is 5.10 Å². The normalized spacial score (nSPS) is 17.2. The van der Waals surface area contributed by atoms with E-state index in [1.54, 1.807) is 29.3 Å². The van der Waals surface area contributed by atoms with E-state index in [0.717, 1.165) is 6.42 Å². The van der Waals surface area contributed by atoms with Crippen LogP contribution in [0, 0.1) is 11.7 Å². The Bertz CT molecular complexity index is 703. The van der Waals surface area contributed by atoms with Gasteiger partial charge in [-0.05, 0) is 25.5 Å². The second kappa shape index (κ2) is 7.44. The van der Waals surface area contributed by atoms with Crippen molar-refractivity contribution >= 4 is 11.7 Å². The van der Waals surface area contributed by atoms with Crippen LogP contribution in [0.2, 0.25) is 0 Å². The molecule has 0 bridgehead atoms. The van der Waals surface area contributed by atoms with Gasteiger partial charge in [0.05, 0.1) is 24.7 Å². The number of anilines is 1. The number of hydrogen-bond donors (Lipinski definition) is 1. The number of halogens is 1. The second-order valence-corrected chi connectivity index (χ2v) is 5.82. The molecule has 0 spiro atoms. The highest BCUT2D eigenvalue weighted by atomic mass is 19.1. The largest absolute Gasteiger partial charge is 0.381 e. The number of carbonyl (C=O) groups excluding carboxylic acids is 1. The molecule has 1 N–H and O–H groups in total. The second-order valence-electron chi connectivity index (χ2n) is 5.82. The maximum absolute atomic E-state index is 13.8. The molecule has 3 rings (SSSR count). The molecule has 128 valence electrons. The van der Waals surface area contributed by atoms with Gasteiger partial charge in [-0.25, -0.2) is 13.9 Å². The number of rotatable bonds is 5. The Morgan fingerprint density at radius 2 is 2.29 bits per heavy atom. The number of carbonyl (C=O) groups is 1. The van der Waals surface area contributed by atoms with Crippen LogP contribution in [0.4, 0.5) is 14.9 Å². The third-order valence-corrected chi connectivity index (χ3v) is 4.06. The van der Waals surface area contributed by atoms with Crippen LogP contribution >= 0.6 is 0 Å². The molecule has 1 atom stereocenters. The minimum Gasteiger partial charge on any atom is -0.381 e. The van der Waals surface area contributed by atoms with Gasteiger partial charge in [0.1, 0.15) is 11.5 Å². The topological polar surface area (TPSA) is 59.4 Å². The van der Waals surface area contributed by atoms with Gasteiger partial charge in [-0.1, -0.05) is 12.1 Å². The zero-order valence-electron chi connectivity index (χ0n) is 13.6. The first-order valence-corrected chi connectivity index (χ1v) is 8.10. The molecule has 1 aliphatic heterocycles. The van der Waals surface area contributed by atoms with Crippen LogP contribution in [0.1, 0.15) is 13.3 Å². The van der Waals surface area contributed by atoms with E-state index >= 15 is 0 Å². The molecule has 7 heteroatoms. The molecule has 1 aromatic carbocycles. The maximum atomic E-state index is 13.8. The van der Waals surface area contributed by atoms with E-state index in [1.807, 2.05) is 6.92 Å². The lowest BCUT2D eigenvalue weighted by Gasteiger charge is -2.16. The Morgan fingerprint density at radius 3 is 3.08 bits per heavy atom. The van der Waals surface area contributed by atoms with E-state index in [-0.39, 0.29) is 11.8 Å². The molecule has 0 radical (unpaired) electrons. The standard InChI is InChI=1S/C17H21FN4O2/c1-2-24-12-13-7-8-21(10-13)17(23)20-14-9-19-22(11-14)16-6-4-3-5-15(16)18/h3-6,9,11,13H,2,7-8,10,12H2,1H3,(H,20,23)/t13-/m0/s1. The Hall–Kier alpha value is -2.41. The molecule has 0 unspecified atom stereocenters. The Labute approximate surface area is 140 Å². The van der Waals surface area contributed by atoms with E-state index in [4.69, 9.17) is 4.74 Å². The minimum absolute atomic E-state index is 0.165. The van der Waals surface area contributed by atoms with Gasteiger partial charge in [-0.15, -0.1) is 0 Å². The summed E-state index contributed by atoms with van der Waals surface area (Å²) in [4.78, 5) is 14.1. The summed E-state index contributed by atoms with van der Waals surface area (Å²) < 4.78 is 20.6. The van der Waals surface area contributed by atoms with Crippen molar-refractivity contribution < 1.29 is 13.9 Å². The molecule has 24 heavy (non-hydrogen) atoms. The predicted molar refractivity (Wildman–Crippen MR) is 88.7 cm³/mol. The summed E-state index contributed by atoms with van der Waals surface area (Å²) in [5, 5.41) is 6.92. The van der Waals surface area contributed by atoms with Crippen molar-refractivity contribution in [3.8, 4) is 5.69 Å². The van der Waals surface area contributed by atoms with Gasteiger partial charge >= 0.3 is 6.03 Å². The van der Waals surface area contributed by atoms with Crippen molar-refractivity contribution in [2.45, 2.75) is 13.3 Å². The Balaban J connectivity index is 1.59. The Morgan fingerprint density at radius 1 is 1.46 bits per heavy atom. The molecule has 2 amide bonds. The number of likely N-dealkylation sites (tertiary alicyclic amines) is 1. The van der Waals surface area contributed by atoms with Crippen LogP contribution in [0.5, 0.6) is 0 Å². The van der Waals surface area contributed by atoms with E-state index in [0.29, 0.717) is 43.6 Å². The number of aromatic nitrogens is 2. The zero-order valence-corrected chi connectivity index (χ0v) is 13.6. The van der Waals surface area contributed by atoms with Gasteiger partial charge in [0, 0.05) is 25.6 Å². The first kappa shape index (κ1) is 16.4. The number of ether oxygens (including phenoxy) is 1. The van der Waals surface area contributed by atoms with Gasteiger partial charge in [-0.3, -0.25) is 0 Å². The first-order chi connectivity index (χ1) is 11.7. The Kier molecular flexibility index (Phi) is 5.10. The highest BCUT2D eigenvalue weighted by molar-refractivity contribution is 5.89. The molecule has 2 aromatic rings. The summed E-state index contributed by atoms with van der Waals surface area (Å²) in [6, 6.07) is 6.20. The van der Waals surface area contributed by atoms with Crippen molar-refractivity contribution in [2.24, 2.45) is 5.92 Å². The maximum Gasteiger partial charge on any atom is 0.321 e. The van der Waals surface area contributed by atoms with Crippen molar-refractivity contribution in [3.63, 3.8) is 0 Å². The average molecular weight is 332 g/mol. The predicted octanol–water partition coefficient (Wildman–Crippen LogP) is 2.90. The first-order valence-electron chi connectivity index (χ1n) is 8.10. The molecule has 1 fully saturated rings. The molecular weight excluding hydrogens is 311 g/mol. The van der Waals surface area contributed by atoms with Crippen LogP contribution in [-0.4, -0.2) is 47.0 Å². The molecule has 1 saturated heterocycles. The minimum atomic E-state index is -0.364. The smallest absolute Gasteiger partial charge is 0.321 e. The number of hydrogen-bond acceptors (Lipinski definition) is 3.